The first-order valence-corrected chi connectivity index (χ1v) is 9.39. The lowest BCUT2D eigenvalue weighted by molar-refractivity contribution is 0.0631. The van der Waals surface area contributed by atoms with Crippen LogP contribution in [0.1, 0.15) is 38.0 Å². The van der Waals surface area contributed by atoms with E-state index >= 15 is 0 Å². The van der Waals surface area contributed by atoms with Gasteiger partial charge in [-0.25, -0.2) is 4.79 Å². The lowest BCUT2D eigenvalue weighted by Crippen LogP contribution is -2.43. The van der Waals surface area contributed by atoms with Crippen molar-refractivity contribution in [3.8, 4) is 0 Å². The van der Waals surface area contributed by atoms with Crippen LogP contribution in [0.15, 0.2) is 17.5 Å². The van der Waals surface area contributed by atoms with Crippen LogP contribution in [0.2, 0.25) is 0 Å². The van der Waals surface area contributed by atoms with Crippen LogP contribution < -0.4 is 10.6 Å². The quantitative estimate of drug-likeness (QED) is 0.715. The summed E-state index contributed by atoms with van der Waals surface area (Å²) in [6.45, 7) is 8.33. The maximum Gasteiger partial charge on any atom is 0.314 e. The second-order valence-electron chi connectivity index (χ2n) is 6.53. The number of carbonyl (C=O) groups is 1. The van der Waals surface area contributed by atoms with Crippen molar-refractivity contribution >= 4 is 17.4 Å². The van der Waals surface area contributed by atoms with Gasteiger partial charge in [-0.05, 0) is 63.2 Å². The summed E-state index contributed by atoms with van der Waals surface area (Å²) in [4.78, 5) is 15.2. The molecular formula is C17H29N3O2S. The molecule has 2 amide bonds. The van der Waals surface area contributed by atoms with E-state index in [0.29, 0.717) is 12.5 Å². The van der Waals surface area contributed by atoms with Gasteiger partial charge < -0.3 is 20.6 Å². The van der Waals surface area contributed by atoms with Crippen molar-refractivity contribution in [1.29, 1.82) is 0 Å². The highest BCUT2D eigenvalue weighted by molar-refractivity contribution is 7.10. The van der Waals surface area contributed by atoms with Crippen LogP contribution in [0.3, 0.4) is 0 Å². The van der Waals surface area contributed by atoms with E-state index < -0.39 is 5.60 Å². The molecule has 1 atom stereocenters. The molecule has 1 fully saturated rings. The maximum atomic E-state index is 11.9. The SMILES string of the molecule is CCN1CCC(CCNC(=O)NCC(C)(O)c2cccs2)CC1. The number of hydrogen-bond acceptors (Lipinski definition) is 4. The number of likely N-dealkylation sites (tertiary alicyclic amines) is 1. The van der Waals surface area contributed by atoms with Crippen LogP contribution in [-0.4, -0.2) is 48.8 Å². The van der Waals surface area contributed by atoms with E-state index in [4.69, 9.17) is 0 Å². The predicted octanol–water partition coefficient (Wildman–Crippen LogP) is 2.38. The summed E-state index contributed by atoms with van der Waals surface area (Å²) in [5.74, 6) is 0.715. The number of nitrogens with zero attached hydrogens (tertiary/aromatic N) is 1. The van der Waals surface area contributed by atoms with Crippen molar-refractivity contribution in [1.82, 2.24) is 15.5 Å². The molecule has 0 spiro atoms. The maximum absolute atomic E-state index is 11.9. The number of aliphatic hydroxyl groups is 1. The van der Waals surface area contributed by atoms with Crippen molar-refractivity contribution in [2.45, 2.75) is 38.7 Å². The molecule has 5 nitrogen and oxygen atoms in total. The van der Waals surface area contributed by atoms with E-state index in [1.807, 2.05) is 17.5 Å². The molecule has 0 radical (unpaired) electrons. The predicted molar refractivity (Wildman–Crippen MR) is 94.7 cm³/mol. The number of hydrogen-bond donors (Lipinski definition) is 3. The first-order chi connectivity index (χ1) is 11.0. The summed E-state index contributed by atoms with van der Waals surface area (Å²) in [5, 5.41) is 18.0. The molecule has 3 N–H and O–H groups in total. The van der Waals surface area contributed by atoms with Gasteiger partial charge in [0.05, 0.1) is 6.54 Å². The van der Waals surface area contributed by atoms with E-state index in [9.17, 15) is 9.90 Å². The zero-order valence-electron chi connectivity index (χ0n) is 14.2. The number of piperidine rings is 1. The Balaban J connectivity index is 1.60. The molecule has 2 rings (SSSR count). The Kier molecular flexibility index (Phi) is 6.87. The molecule has 23 heavy (non-hydrogen) atoms. The lowest BCUT2D eigenvalue weighted by Gasteiger charge is -2.31. The molecule has 1 saturated heterocycles. The van der Waals surface area contributed by atoms with Gasteiger partial charge in [-0.3, -0.25) is 0 Å². The molecule has 0 aliphatic carbocycles. The van der Waals surface area contributed by atoms with Crippen LogP contribution in [0.4, 0.5) is 4.79 Å². The minimum Gasteiger partial charge on any atom is -0.383 e. The number of rotatable bonds is 7. The van der Waals surface area contributed by atoms with Crippen LogP contribution in [-0.2, 0) is 5.60 Å². The van der Waals surface area contributed by atoms with Crippen molar-refractivity contribution in [2.24, 2.45) is 5.92 Å². The van der Waals surface area contributed by atoms with Crippen LogP contribution in [0, 0.1) is 5.92 Å². The zero-order valence-corrected chi connectivity index (χ0v) is 15.0. The molecule has 1 aliphatic heterocycles. The average molecular weight is 340 g/mol. The largest absolute Gasteiger partial charge is 0.383 e. The Bertz CT molecular complexity index is 468. The Labute approximate surface area is 143 Å². The van der Waals surface area contributed by atoms with E-state index in [2.05, 4.69) is 22.5 Å². The molecular weight excluding hydrogens is 310 g/mol. The highest BCUT2D eigenvalue weighted by atomic mass is 32.1. The number of nitrogens with one attached hydrogen (secondary N) is 2. The van der Waals surface area contributed by atoms with Gasteiger partial charge in [-0.2, -0.15) is 0 Å². The van der Waals surface area contributed by atoms with Gasteiger partial charge in [-0.15, -0.1) is 11.3 Å². The van der Waals surface area contributed by atoms with Crippen molar-refractivity contribution in [2.75, 3.05) is 32.7 Å². The van der Waals surface area contributed by atoms with Gasteiger partial charge in [0.2, 0.25) is 0 Å². The molecule has 1 aliphatic rings. The van der Waals surface area contributed by atoms with Gasteiger partial charge in [0.1, 0.15) is 5.60 Å². The van der Waals surface area contributed by atoms with E-state index in [1.165, 1.54) is 37.3 Å². The molecule has 1 unspecified atom stereocenters. The molecule has 2 heterocycles. The lowest BCUT2D eigenvalue weighted by atomic mass is 9.93. The fourth-order valence-corrected chi connectivity index (χ4v) is 3.76. The van der Waals surface area contributed by atoms with Crippen LogP contribution in [0.25, 0.3) is 0 Å². The molecule has 1 aromatic heterocycles. The Morgan fingerprint density at radius 1 is 1.43 bits per heavy atom. The number of carbonyl (C=O) groups excluding carboxylic acids is 1. The van der Waals surface area contributed by atoms with Gasteiger partial charge in [0.15, 0.2) is 0 Å². The highest BCUT2D eigenvalue weighted by Gasteiger charge is 2.24. The summed E-state index contributed by atoms with van der Waals surface area (Å²) < 4.78 is 0. The third kappa shape index (κ3) is 5.79. The smallest absolute Gasteiger partial charge is 0.314 e. The first-order valence-electron chi connectivity index (χ1n) is 8.51. The molecule has 1 aromatic rings. The first kappa shape index (κ1) is 18.2. The monoisotopic (exact) mass is 339 g/mol. The van der Waals surface area contributed by atoms with Crippen molar-refractivity contribution in [3.05, 3.63) is 22.4 Å². The van der Waals surface area contributed by atoms with E-state index in [1.54, 1.807) is 6.92 Å². The van der Waals surface area contributed by atoms with Gasteiger partial charge in [0.25, 0.3) is 0 Å². The summed E-state index contributed by atoms with van der Waals surface area (Å²) in [6, 6.07) is 3.58. The Hall–Kier alpha value is -1.11. The summed E-state index contributed by atoms with van der Waals surface area (Å²) >= 11 is 1.49. The minimum atomic E-state index is -1.02. The van der Waals surface area contributed by atoms with Gasteiger partial charge in [0, 0.05) is 11.4 Å². The molecule has 0 saturated carbocycles. The second kappa shape index (κ2) is 8.66. The number of amides is 2. The van der Waals surface area contributed by atoms with Gasteiger partial charge in [-0.1, -0.05) is 13.0 Å². The highest BCUT2D eigenvalue weighted by Crippen LogP contribution is 2.24. The number of urea groups is 1. The fraction of sp³-hybridized carbons (Fsp3) is 0.706. The Morgan fingerprint density at radius 2 is 2.17 bits per heavy atom. The van der Waals surface area contributed by atoms with Crippen molar-refractivity contribution in [3.63, 3.8) is 0 Å². The standard InChI is InChI=1S/C17H29N3O2S/c1-3-20-10-7-14(8-11-20)6-9-18-16(21)19-13-17(2,22)15-5-4-12-23-15/h4-5,12,14,22H,3,6-11,13H2,1-2H3,(H2,18,19,21). The van der Waals surface area contributed by atoms with E-state index in [-0.39, 0.29) is 12.6 Å². The number of thiophene rings is 1. The summed E-state index contributed by atoms with van der Waals surface area (Å²) in [6.07, 6.45) is 3.49. The molecule has 0 bridgehead atoms. The van der Waals surface area contributed by atoms with Crippen molar-refractivity contribution < 1.29 is 9.90 Å². The topological polar surface area (TPSA) is 64.6 Å². The Morgan fingerprint density at radius 3 is 2.78 bits per heavy atom. The third-order valence-electron chi connectivity index (χ3n) is 4.64. The van der Waals surface area contributed by atoms with Crippen LogP contribution in [0.5, 0.6) is 0 Å². The molecule has 6 heteroatoms. The molecule has 0 aromatic carbocycles. The summed E-state index contributed by atoms with van der Waals surface area (Å²) in [7, 11) is 0. The third-order valence-corrected chi connectivity index (χ3v) is 5.76. The summed E-state index contributed by atoms with van der Waals surface area (Å²) in [5.41, 5.74) is -1.02. The second-order valence-corrected chi connectivity index (χ2v) is 7.47. The van der Waals surface area contributed by atoms with E-state index in [0.717, 1.165) is 17.8 Å². The van der Waals surface area contributed by atoms with Gasteiger partial charge >= 0.3 is 6.03 Å². The normalized spacial score (nSPS) is 19.3. The average Bonchev–Trinajstić information content (AvgIpc) is 3.09. The fourth-order valence-electron chi connectivity index (χ4n) is 2.97. The van der Waals surface area contributed by atoms with Crippen LogP contribution >= 0.6 is 11.3 Å². The molecule has 130 valence electrons. The minimum absolute atomic E-state index is 0.201. The zero-order chi connectivity index (χ0) is 16.7.